The number of carbonyl (C=O) groups excluding carboxylic acids is 2. The van der Waals surface area contributed by atoms with Crippen LogP contribution in [-0.4, -0.2) is 29.3 Å². The number of nitrogens with zero attached hydrogens (tertiary/aromatic N) is 1. The maximum atomic E-state index is 11.6. The molecule has 0 aromatic carbocycles. The summed E-state index contributed by atoms with van der Waals surface area (Å²) >= 11 is 0. The Morgan fingerprint density at radius 3 is 2.70 bits per heavy atom. The summed E-state index contributed by atoms with van der Waals surface area (Å²) in [4.78, 5) is 26.7. The highest BCUT2D eigenvalue weighted by Gasteiger charge is 2.30. The highest BCUT2D eigenvalue weighted by atomic mass is 16.6. The van der Waals surface area contributed by atoms with Crippen molar-refractivity contribution in [3.8, 4) is 0 Å². The summed E-state index contributed by atoms with van der Waals surface area (Å²) in [5, 5.41) is 2.55. The van der Waals surface area contributed by atoms with E-state index >= 15 is 0 Å². The van der Waals surface area contributed by atoms with Gasteiger partial charge >= 0.3 is 12.1 Å². The zero-order valence-corrected chi connectivity index (χ0v) is 11.8. The molecular weight excluding hydrogens is 260 g/mol. The fraction of sp³-hybridized carbons (Fsp3) is 0.500. The van der Waals surface area contributed by atoms with E-state index in [-0.39, 0.29) is 11.9 Å². The molecule has 0 saturated carbocycles. The molecule has 6 nitrogen and oxygen atoms in total. The Morgan fingerprint density at radius 1 is 1.50 bits per heavy atom. The van der Waals surface area contributed by atoms with E-state index in [4.69, 9.17) is 9.47 Å². The van der Waals surface area contributed by atoms with Crippen molar-refractivity contribution in [3.05, 3.63) is 23.9 Å². The molecule has 1 atom stereocenters. The number of carbonyl (C=O) groups is 2. The number of hydrogen-bond acceptors (Lipinski definition) is 5. The molecule has 1 aromatic heterocycles. The first kappa shape index (κ1) is 14.3. The molecule has 0 spiro atoms. The molecule has 20 heavy (non-hydrogen) atoms. The first-order chi connectivity index (χ1) is 9.33. The van der Waals surface area contributed by atoms with E-state index in [1.807, 2.05) is 6.07 Å². The second-order valence-corrected chi connectivity index (χ2v) is 5.71. The molecule has 2 rings (SSSR count). The first-order valence-electron chi connectivity index (χ1n) is 6.45. The fourth-order valence-corrected chi connectivity index (χ4v) is 1.72. The standard InChI is InChI=1S/C14H18N2O4/c1-14(2,3)20-13(18)16-11-5-4-9(7-15-11)6-10-8-19-12(10)17/h4-5,7,10H,6,8H2,1-3H3,(H,15,16,18). The average Bonchev–Trinajstić information content (AvgIpc) is 2.33. The molecule has 0 bridgehead atoms. The third-order valence-corrected chi connectivity index (χ3v) is 2.70. The third kappa shape index (κ3) is 3.94. The largest absolute Gasteiger partial charge is 0.464 e. The molecule has 1 aliphatic rings. The van der Waals surface area contributed by atoms with Crippen LogP contribution in [0.25, 0.3) is 0 Å². The van der Waals surface area contributed by atoms with E-state index in [9.17, 15) is 9.59 Å². The van der Waals surface area contributed by atoms with Crippen LogP contribution in [-0.2, 0) is 20.7 Å². The SMILES string of the molecule is CC(C)(C)OC(=O)Nc1ccc(CC2COC2=O)cn1. The summed E-state index contributed by atoms with van der Waals surface area (Å²) in [5.74, 6) is 0.182. The van der Waals surface area contributed by atoms with Crippen LogP contribution in [0.1, 0.15) is 26.3 Å². The molecule has 0 radical (unpaired) electrons. The molecule has 1 saturated heterocycles. The van der Waals surface area contributed by atoms with Gasteiger partial charge in [0.2, 0.25) is 0 Å². The molecule has 1 unspecified atom stereocenters. The van der Waals surface area contributed by atoms with Crippen molar-refractivity contribution in [1.29, 1.82) is 0 Å². The lowest BCUT2D eigenvalue weighted by molar-refractivity contribution is -0.168. The minimum atomic E-state index is -0.547. The molecule has 108 valence electrons. The average molecular weight is 278 g/mol. The van der Waals surface area contributed by atoms with Crippen molar-refractivity contribution in [2.75, 3.05) is 11.9 Å². The van der Waals surface area contributed by atoms with Crippen LogP contribution in [0.15, 0.2) is 18.3 Å². The Hall–Kier alpha value is -2.11. The molecule has 6 heteroatoms. The summed E-state index contributed by atoms with van der Waals surface area (Å²) in [6, 6.07) is 3.51. The van der Waals surface area contributed by atoms with E-state index in [0.29, 0.717) is 18.8 Å². The summed E-state index contributed by atoms with van der Waals surface area (Å²) in [6.07, 6.45) is 1.71. The van der Waals surface area contributed by atoms with Gasteiger partial charge in [-0.25, -0.2) is 9.78 Å². The van der Waals surface area contributed by atoms with Gasteiger partial charge in [0, 0.05) is 6.20 Å². The van der Waals surface area contributed by atoms with Crippen LogP contribution in [0.3, 0.4) is 0 Å². The van der Waals surface area contributed by atoms with Gasteiger partial charge in [-0.15, -0.1) is 0 Å². The van der Waals surface area contributed by atoms with Crippen molar-refractivity contribution in [2.45, 2.75) is 32.8 Å². The number of ether oxygens (including phenoxy) is 2. The summed E-state index contributed by atoms with van der Waals surface area (Å²) in [5.41, 5.74) is 0.385. The highest BCUT2D eigenvalue weighted by Crippen LogP contribution is 2.19. The number of esters is 1. The smallest absolute Gasteiger partial charge is 0.413 e. The molecule has 1 aliphatic heterocycles. The van der Waals surface area contributed by atoms with Gasteiger partial charge in [0.05, 0.1) is 5.92 Å². The van der Waals surface area contributed by atoms with E-state index < -0.39 is 11.7 Å². The lowest BCUT2D eigenvalue weighted by Gasteiger charge is -2.24. The molecule has 1 fully saturated rings. The van der Waals surface area contributed by atoms with Gasteiger partial charge in [-0.3, -0.25) is 10.1 Å². The van der Waals surface area contributed by atoms with Crippen molar-refractivity contribution in [2.24, 2.45) is 5.92 Å². The predicted octanol–water partition coefficient (Wildman–Crippen LogP) is 2.14. The van der Waals surface area contributed by atoms with Gasteiger partial charge in [-0.2, -0.15) is 0 Å². The minimum absolute atomic E-state index is 0.0681. The Labute approximate surface area is 117 Å². The summed E-state index contributed by atoms with van der Waals surface area (Å²) in [6.45, 7) is 5.85. The number of rotatable bonds is 3. The molecule has 2 heterocycles. The third-order valence-electron chi connectivity index (χ3n) is 2.70. The van der Waals surface area contributed by atoms with Gasteiger partial charge in [0.1, 0.15) is 18.0 Å². The molecule has 1 N–H and O–H groups in total. The van der Waals surface area contributed by atoms with E-state index in [1.54, 1.807) is 33.0 Å². The number of hydrogen-bond donors (Lipinski definition) is 1. The van der Waals surface area contributed by atoms with Crippen LogP contribution in [0.4, 0.5) is 10.6 Å². The second kappa shape index (κ2) is 5.48. The Kier molecular flexibility index (Phi) is 3.92. The molecule has 1 amide bonds. The number of aromatic nitrogens is 1. The summed E-state index contributed by atoms with van der Waals surface area (Å²) < 4.78 is 9.83. The van der Waals surface area contributed by atoms with Gasteiger partial charge in [0.25, 0.3) is 0 Å². The lowest BCUT2D eigenvalue weighted by atomic mass is 9.98. The van der Waals surface area contributed by atoms with Gasteiger partial charge in [-0.05, 0) is 38.8 Å². The first-order valence-corrected chi connectivity index (χ1v) is 6.45. The zero-order valence-electron chi connectivity index (χ0n) is 11.8. The number of nitrogens with one attached hydrogen (secondary N) is 1. The monoisotopic (exact) mass is 278 g/mol. The molecular formula is C14H18N2O4. The quantitative estimate of drug-likeness (QED) is 0.857. The lowest BCUT2D eigenvalue weighted by Crippen LogP contribution is -2.36. The summed E-state index contributed by atoms with van der Waals surface area (Å²) in [7, 11) is 0. The van der Waals surface area contributed by atoms with Crippen LogP contribution < -0.4 is 5.32 Å². The Balaban J connectivity index is 1.88. The predicted molar refractivity (Wildman–Crippen MR) is 72.2 cm³/mol. The second-order valence-electron chi connectivity index (χ2n) is 5.71. The van der Waals surface area contributed by atoms with Crippen LogP contribution in [0.5, 0.6) is 0 Å². The number of anilines is 1. The van der Waals surface area contributed by atoms with E-state index in [0.717, 1.165) is 5.56 Å². The van der Waals surface area contributed by atoms with Crippen molar-refractivity contribution < 1.29 is 19.1 Å². The van der Waals surface area contributed by atoms with Crippen molar-refractivity contribution >= 4 is 17.9 Å². The molecule has 0 aliphatic carbocycles. The fourth-order valence-electron chi connectivity index (χ4n) is 1.72. The number of pyridine rings is 1. The van der Waals surface area contributed by atoms with Crippen molar-refractivity contribution in [3.63, 3.8) is 0 Å². The van der Waals surface area contributed by atoms with Crippen LogP contribution in [0, 0.1) is 5.92 Å². The minimum Gasteiger partial charge on any atom is -0.464 e. The van der Waals surface area contributed by atoms with Gasteiger partial charge in [-0.1, -0.05) is 6.07 Å². The van der Waals surface area contributed by atoms with Crippen LogP contribution in [0.2, 0.25) is 0 Å². The maximum absolute atomic E-state index is 11.6. The van der Waals surface area contributed by atoms with Crippen LogP contribution >= 0.6 is 0 Å². The van der Waals surface area contributed by atoms with E-state index in [2.05, 4.69) is 10.3 Å². The van der Waals surface area contributed by atoms with Crippen molar-refractivity contribution in [1.82, 2.24) is 4.98 Å². The Morgan fingerprint density at radius 2 is 2.25 bits per heavy atom. The zero-order chi connectivity index (χ0) is 14.8. The molecule has 1 aromatic rings. The normalized spacial score (nSPS) is 17.9. The number of amides is 1. The number of cyclic esters (lactones) is 1. The maximum Gasteiger partial charge on any atom is 0.413 e. The van der Waals surface area contributed by atoms with Gasteiger partial charge < -0.3 is 9.47 Å². The van der Waals surface area contributed by atoms with Gasteiger partial charge in [0.15, 0.2) is 0 Å². The highest BCUT2D eigenvalue weighted by molar-refractivity contribution is 5.83. The van der Waals surface area contributed by atoms with E-state index in [1.165, 1.54) is 0 Å². The topological polar surface area (TPSA) is 77.5 Å². The Bertz CT molecular complexity index is 505.